The third kappa shape index (κ3) is 2.88. The zero-order chi connectivity index (χ0) is 14.7. The molecule has 1 amide bonds. The van der Waals surface area contributed by atoms with E-state index in [1.54, 1.807) is 25.3 Å². The van der Waals surface area contributed by atoms with Gasteiger partial charge >= 0.3 is 0 Å². The lowest BCUT2D eigenvalue weighted by molar-refractivity contribution is 0.102. The van der Waals surface area contributed by atoms with Crippen LogP contribution >= 0.6 is 0 Å². The molecule has 0 saturated carbocycles. The fraction of sp³-hybridized carbons (Fsp3) is 0.133. The fourth-order valence-electron chi connectivity index (χ4n) is 1.78. The van der Waals surface area contributed by atoms with Gasteiger partial charge < -0.3 is 15.2 Å². The molecule has 0 atom stereocenters. The Bertz CT molecular complexity index is 656. The van der Waals surface area contributed by atoms with Crippen LogP contribution in [0.4, 0.5) is 10.1 Å². The Kier molecular flexibility index (Phi) is 3.89. The van der Waals surface area contributed by atoms with Gasteiger partial charge in [0, 0.05) is 5.69 Å². The highest BCUT2D eigenvalue weighted by Crippen LogP contribution is 2.23. The summed E-state index contributed by atoms with van der Waals surface area (Å²) in [6.45, 7) is 1.81. The van der Waals surface area contributed by atoms with Crippen molar-refractivity contribution in [3.8, 4) is 11.5 Å². The molecule has 0 heterocycles. The number of methoxy groups -OCH3 is 1. The van der Waals surface area contributed by atoms with Crippen molar-refractivity contribution in [3.05, 3.63) is 53.3 Å². The van der Waals surface area contributed by atoms with Crippen LogP contribution in [0, 0.1) is 12.7 Å². The fourth-order valence-corrected chi connectivity index (χ4v) is 1.78. The van der Waals surface area contributed by atoms with E-state index in [0.29, 0.717) is 11.4 Å². The predicted octanol–water partition coefficient (Wildman–Crippen LogP) is 3.10. The van der Waals surface area contributed by atoms with Crippen molar-refractivity contribution in [2.24, 2.45) is 0 Å². The Morgan fingerprint density at radius 3 is 2.65 bits per heavy atom. The number of rotatable bonds is 3. The summed E-state index contributed by atoms with van der Waals surface area (Å²) < 4.78 is 18.2. The Labute approximate surface area is 115 Å². The number of hydrogen-bond acceptors (Lipinski definition) is 3. The SMILES string of the molecule is COc1ccc(NC(=O)c2cc(F)ccc2O)c(C)c1. The smallest absolute Gasteiger partial charge is 0.259 e. The molecule has 4 nitrogen and oxygen atoms in total. The van der Waals surface area contributed by atoms with Crippen molar-refractivity contribution in [2.75, 3.05) is 12.4 Å². The quantitative estimate of drug-likeness (QED) is 0.905. The number of anilines is 1. The molecule has 2 N–H and O–H groups in total. The molecule has 5 heteroatoms. The minimum absolute atomic E-state index is 0.111. The van der Waals surface area contributed by atoms with E-state index in [1.807, 2.05) is 6.92 Å². The zero-order valence-corrected chi connectivity index (χ0v) is 11.1. The lowest BCUT2D eigenvalue weighted by Crippen LogP contribution is -2.13. The van der Waals surface area contributed by atoms with E-state index < -0.39 is 11.7 Å². The van der Waals surface area contributed by atoms with Crippen molar-refractivity contribution in [3.63, 3.8) is 0 Å². The maximum absolute atomic E-state index is 13.1. The van der Waals surface area contributed by atoms with Crippen LogP contribution in [-0.4, -0.2) is 18.1 Å². The summed E-state index contributed by atoms with van der Waals surface area (Å²) >= 11 is 0. The van der Waals surface area contributed by atoms with Crippen LogP contribution in [-0.2, 0) is 0 Å². The lowest BCUT2D eigenvalue weighted by atomic mass is 10.1. The Hall–Kier alpha value is -2.56. The average Bonchev–Trinajstić information content (AvgIpc) is 2.43. The molecule has 0 aliphatic rings. The van der Waals surface area contributed by atoms with Gasteiger partial charge in [-0.3, -0.25) is 4.79 Å². The van der Waals surface area contributed by atoms with Gasteiger partial charge in [0.1, 0.15) is 17.3 Å². The number of benzene rings is 2. The molecular weight excluding hydrogens is 261 g/mol. The van der Waals surface area contributed by atoms with Gasteiger partial charge in [0.25, 0.3) is 5.91 Å². The summed E-state index contributed by atoms with van der Waals surface area (Å²) in [4.78, 5) is 12.0. The molecule has 0 radical (unpaired) electrons. The molecule has 0 spiro atoms. The number of aromatic hydroxyl groups is 1. The second-order valence-corrected chi connectivity index (χ2v) is 4.30. The Morgan fingerprint density at radius 1 is 1.25 bits per heavy atom. The minimum Gasteiger partial charge on any atom is -0.507 e. The molecule has 0 bridgehead atoms. The third-order valence-corrected chi connectivity index (χ3v) is 2.88. The van der Waals surface area contributed by atoms with Gasteiger partial charge in [-0.05, 0) is 48.9 Å². The lowest BCUT2D eigenvalue weighted by Gasteiger charge is -2.10. The number of carbonyl (C=O) groups excluding carboxylic acids is 1. The highest BCUT2D eigenvalue weighted by Gasteiger charge is 2.13. The minimum atomic E-state index is -0.584. The van der Waals surface area contributed by atoms with Crippen LogP contribution in [0.2, 0.25) is 0 Å². The average molecular weight is 275 g/mol. The topological polar surface area (TPSA) is 58.6 Å². The number of phenols is 1. The standard InChI is InChI=1S/C15H14FNO3/c1-9-7-11(20-2)4-5-13(9)17-15(19)12-8-10(16)3-6-14(12)18/h3-8,18H,1-2H3,(H,17,19). The van der Waals surface area contributed by atoms with E-state index >= 15 is 0 Å². The molecule has 2 rings (SSSR count). The molecule has 2 aromatic rings. The van der Waals surface area contributed by atoms with Crippen molar-refractivity contribution in [1.82, 2.24) is 0 Å². The van der Waals surface area contributed by atoms with Gasteiger partial charge in [0.05, 0.1) is 12.7 Å². The first-order chi connectivity index (χ1) is 9.51. The maximum atomic E-state index is 13.1. The first-order valence-corrected chi connectivity index (χ1v) is 5.96. The highest BCUT2D eigenvalue weighted by atomic mass is 19.1. The van der Waals surface area contributed by atoms with Crippen LogP contribution in [0.25, 0.3) is 0 Å². The van der Waals surface area contributed by atoms with Gasteiger partial charge in [-0.15, -0.1) is 0 Å². The number of phenolic OH excluding ortho intramolecular Hbond substituents is 1. The molecular formula is C15H14FNO3. The number of hydrogen-bond donors (Lipinski definition) is 2. The van der Waals surface area contributed by atoms with E-state index in [4.69, 9.17) is 4.74 Å². The molecule has 0 saturated heterocycles. The number of carbonyl (C=O) groups is 1. The summed E-state index contributed by atoms with van der Waals surface area (Å²) in [6.07, 6.45) is 0. The second-order valence-electron chi connectivity index (χ2n) is 4.30. The monoisotopic (exact) mass is 275 g/mol. The van der Waals surface area contributed by atoms with E-state index in [1.165, 1.54) is 0 Å². The van der Waals surface area contributed by atoms with Crippen LogP contribution in [0.15, 0.2) is 36.4 Å². The first-order valence-electron chi connectivity index (χ1n) is 5.96. The molecule has 0 fully saturated rings. The summed E-state index contributed by atoms with van der Waals surface area (Å²) in [5.41, 5.74) is 1.26. The van der Waals surface area contributed by atoms with Crippen molar-refractivity contribution < 1.29 is 19.0 Å². The molecule has 104 valence electrons. The largest absolute Gasteiger partial charge is 0.507 e. The number of halogens is 1. The van der Waals surface area contributed by atoms with Crippen molar-refractivity contribution in [1.29, 1.82) is 0 Å². The number of amides is 1. The normalized spacial score (nSPS) is 10.2. The summed E-state index contributed by atoms with van der Waals surface area (Å²) in [7, 11) is 1.55. The zero-order valence-electron chi connectivity index (χ0n) is 11.1. The second kappa shape index (κ2) is 5.61. The molecule has 0 aromatic heterocycles. The molecule has 0 aliphatic heterocycles. The van der Waals surface area contributed by atoms with E-state index in [2.05, 4.69) is 5.32 Å². The molecule has 20 heavy (non-hydrogen) atoms. The van der Waals surface area contributed by atoms with E-state index in [-0.39, 0.29) is 11.3 Å². The molecule has 0 aliphatic carbocycles. The third-order valence-electron chi connectivity index (χ3n) is 2.88. The summed E-state index contributed by atoms with van der Waals surface area (Å²) in [6, 6.07) is 8.37. The van der Waals surface area contributed by atoms with Gasteiger partial charge in [-0.2, -0.15) is 0 Å². The Balaban J connectivity index is 2.25. The maximum Gasteiger partial charge on any atom is 0.259 e. The van der Waals surface area contributed by atoms with Crippen LogP contribution in [0.3, 0.4) is 0 Å². The highest BCUT2D eigenvalue weighted by molar-refractivity contribution is 6.06. The molecule has 2 aromatic carbocycles. The number of ether oxygens (including phenoxy) is 1. The first kappa shape index (κ1) is 13.9. The van der Waals surface area contributed by atoms with Crippen molar-refractivity contribution >= 4 is 11.6 Å². The van der Waals surface area contributed by atoms with Crippen LogP contribution in [0.1, 0.15) is 15.9 Å². The predicted molar refractivity (Wildman–Crippen MR) is 73.7 cm³/mol. The number of nitrogens with one attached hydrogen (secondary N) is 1. The van der Waals surface area contributed by atoms with Crippen LogP contribution in [0.5, 0.6) is 11.5 Å². The van der Waals surface area contributed by atoms with Gasteiger partial charge in [-0.25, -0.2) is 4.39 Å². The van der Waals surface area contributed by atoms with E-state index in [0.717, 1.165) is 23.8 Å². The van der Waals surface area contributed by atoms with Crippen LogP contribution < -0.4 is 10.1 Å². The van der Waals surface area contributed by atoms with Gasteiger partial charge in [0.15, 0.2) is 0 Å². The van der Waals surface area contributed by atoms with Gasteiger partial charge in [0.2, 0.25) is 0 Å². The van der Waals surface area contributed by atoms with Gasteiger partial charge in [-0.1, -0.05) is 0 Å². The van der Waals surface area contributed by atoms with Crippen molar-refractivity contribution in [2.45, 2.75) is 6.92 Å². The molecule has 0 unspecified atom stereocenters. The Morgan fingerprint density at radius 2 is 2.00 bits per heavy atom. The van der Waals surface area contributed by atoms with E-state index in [9.17, 15) is 14.3 Å². The number of aryl methyl sites for hydroxylation is 1. The summed E-state index contributed by atoms with van der Waals surface area (Å²) in [5, 5.41) is 12.2. The summed E-state index contributed by atoms with van der Waals surface area (Å²) in [5.74, 6) is -0.751.